The average molecular weight is 368 g/mol. The maximum Gasteiger partial charge on any atom is 0.275 e. The highest BCUT2D eigenvalue weighted by molar-refractivity contribution is 7.16. The molecule has 0 radical (unpaired) electrons. The second kappa shape index (κ2) is 7.09. The number of nitrogens with zero attached hydrogens (tertiary/aromatic N) is 4. The van der Waals surface area contributed by atoms with Crippen molar-refractivity contribution in [2.24, 2.45) is 5.92 Å². The Kier molecular flexibility index (Phi) is 4.65. The standard InChI is InChI=1S/C19H20N4O2S/c1-13-21-23-17(24)11-16(20-19(23)26-13)12-22-9-7-15(8-10-22)18(25)14-5-3-2-4-6-14/h2-6,11,15H,7-10,12H2,1H3. The third-order valence-electron chi connectivity index (χ3n) is 4.80. The molecule has 0 spiro atoms. The first-order chi connectivity index (χ1) is 12.6. The molecule has 0 aliphatic carbocycles. The predicted octanol–water partition coefficient (Wildman–Crippen LogP) is 2.55. The van der Waals surface area contributed by atoms with E-state index in [1.54, 1.807) is 6.07 Å². The maximum absolute atomic E-state index is 12.6. The zero-order valence-electron chi connectivity index (χ0n) is 14.6. The van der Waals surface area contributed by atoms with Crippen LogP contribution in [0, 0.1) is 12.8 Å². The van der Waals surface area contributed by atoms with Gasteiger partial charge in [0.2, 0.25) is 4.96 Å². The van der Waals surface area contributed by atoms with Crippen LogP contribution in [-0.4, -0.2) is 38.4 Å². The van der Waals surface area contributed by atoms with Crippen molar-refractivity contribution in [3.05, 3.63) is 63.0 Å². The minimum absolute atomic E-state index is 0.0823. The van der Waals surface area contributed by atoms with E-state index in [4.69, 9.17) is 0 Å². The van der Waals surface area contributed by atoms with Crippen LogP contribution in [-0.2, 0) is 6.54 Å². The molecule has 4 rings (SSSR count). The normalized spacial score (nSPS) is 16.2. The number of aryl methyl sites for hydroxylation is 1. The SMILES string of the molecule is Cc1nn2c(=O)cc(CN3CCC(C(=O)c4ccccc4)CC3)nc2s1. The minimum atomic E-state index is -0.136. The molecule has 0 unspecified atom stereocenters. The van der Waals surface area contributed by atoms with Crippen LogP contribution in [0.2, 0.25) is 0 Å². The molecule has 0 atom stereocenters. The Morgan fingerprint density at radius 3 is 2.69 bits per heavy atom. The van der Waals surface area contributed by atoms with Crippen molar-refractivity contribution in [2.75, 3.05) is 13.1 Å². The number of Topliss-reactive ketones (excluding diaryl/α,β-unsaturated/α-hetero) is 1. The fourth-order valence-corrected chi connectivity index (χ4v) is 4.22. The van der Waals surface area contributed by atoms with E-state index in [9.17, 15) is 9.59 Å². The van der Waals surface area contributed by atoms with Gasteiger partial charge in [-0.2, -0.15) is 9.61 Å². The monoisotopic (exact) mass is 368 g/mol. The zero-order chi connectivity index (χ0) is 18.1. The Bertz CT molecular complexity index is 988. The van der Waals surface area contributed by atoms with Crippen molar-refractivity contribution >= 4 is 22.1 Å². The van der Waals surface area contributed by atoms with E-state index in [0.717, 1.165) is 42.2 Å². The van der Waals surface area contributed by atoms with E-state index in [2.05, 4.69) is 15.0 Å². The Balaban J connectivity index is 1.41. The lowest BCUT2D eigenvalue weighted by Gasteiger charge is -2.30. The van der Waals surface area contributed by atoms with Gasteiger partial charge in [-0.05, 0) is 32.9 Å². The number of carbonyl (C=O) groups excluding carboxylic acids is 1. The highest BCUT2D eigenvalue weighted by atomic mass is 32.1. The summed E-state index contributed by atoms with van der Waals surface area (Å²) in [7, 11) is 0. The van der Waals surface area contributed by atoms with E-state index < -0.39 is 0 Å². The number of likely N-dealkylation sites (tertiary alicyclic amines) is 1. The summed E-state index contributed by atoms with van der Waals surface area (Å²) in [6.45, 7) is 4.18. The highest BCUT2D eigenvalue weighted by Gasteiger charge is 2.26. The van der Waals surface area contributed by atoms with Crippen molar-refractivity contribution in [1.82, 2.24) is 19.5 Å². The Hall–Kier alpha value is -2.38. The summed E-state index contributed by atoms with van der Waals surface area (Å²) in [6, 6.07) is 11.1. The molecule has 0 bridgehead atoms. The first-order valence-corrected chi connectivity index (χ1v) is 9.60. The van der Waals surface area contributed by atoms with E-state index >= 15 is 0 Å². The van der Waals surface area contributed by atoms with Crippen LogP contribution in [0.3, 0.4) is 0 Å². The molecular formula is C19H20N4O2S. The van der Waals surface area contributed by atoms with E-state index in [1.807, 2.05) is 37.3 Å². The molecule has 2 aromatic heterocycles. The minimum Gasteiger partial charge on any atom is -0.297 e. The molecule has 1 aromatic carbocycles. The summed E-state index contributed by atoms with van der Waals surface area (Å²) in [5.41, 5.74) is 1.43. The maximum atomic E-state index is 12.6. The number of ketones is 1. The first-order valence-electron chi connectivity index (χ1n) is 8.78. The molecular weight excluding hydrogens is 348 g/mol. The number of hydrogen-bond donors (Lipinski definition) is 0. The molecule has 0 amide bonds. The van der Waals surface area contributed by atoms with Crippen LogP contribution in [0.1, 0.15) is 33.9 Å². The number of carbonyl (C=O) groups is 1. The number of aromatic nitrogens is 3. The van der Waals surface area contributed by atoms with Crippen molar-refractivity contribution < 1.29 is 4.79 Å². The summed E-state index contributed by atoms with van der Waals surface area (Å²) in [5.74, 6) is 0.321. The molecule has 134 valence electrons. The largest absolute Gasteiger partial charge is 0.297 e. The van der Waals surface area contributed by atoms with E-state index in [0.29, 0.717) is 11.5 Å². The van der Waals surface area contributed by atoms with Crippen LogP contribution in [0.25, 0.3) is 4.96 Å². The Labute approximate surface area is 155 Å². The van der Waals surface area contributed by atoms with E-state index in [1.165, 1.54) is 15.9 Å². The van der Waals surface area contributed by atoms with Gasteiger partial charge in [0.05, 0.1) is 5.69 Å². The smallest absolute Gasteiger partial charge is 0.275 e. The summed E-state index contributed by atoms with van der Waals surface area (Å²) in [5, 5.41) is 4.99. The second-order valence-electron chi connectivity index (χ2n) is 6.68. The molecule has 3 aromatic rings. The van der Waals surface area contributed by atoms with Crippen LogP contribution in [0.15, 0.2) is 41.2 Å². The van der Waals surface area contributed by atoms with Gasteiger partial charge in [-0.3, -0.25) is 14.5 Å². The van der Waals surface area contributed by atoms with Crippen LogP contribution in [0.5, 0.6) is 0 Å². The molecule has 1 aliphatic heterocycles. The molecule has 6 nitrogen and oxygen atoms in total. The molecule has 3 heterocycles. The van der Waals surface area contributed by atoms with Gasteiger partial charge in [0.1, 0.15) is 5.01 Å². The number of rotatable bonds is 4. The summed E-state index contributed by atoms with van der Waals surface area (Å²) in [4.78, 5) is 32.2. The lowest BCUT2D eigenvalue weighted by Crippen LogP contribution is -2.36. The Morgan fingerprint density at radius 1 is 1.23 bits per heavy atom. The quantitative estimate of drug-likeness (QED) is 0.662. The highest BCUT2D eigenvalue weighted by Crippen LogP contribution is 2.22. The molecule has 1 fully saturated rings. The van der Waals surface area contributed by atoms with Gasteiger partial charge in [-0.25, -0.2) is 4.98 Å². The third-order valence-corrected chi connectivity index (χ3v) is 5.63. The summed E-state index contributed by atoms with van der Waals surface area (Å²) < 4.78 is 1.36. The predicted molar refractivity (Wildman–Crippen MR) is 101 cm³/mol. The van der Waals surface area contributed by atoms with Gasteiger partial charge >= 0.3 is 0 Å². The average Bonchev–Trinajstić information content (AvgIpc) is 3.03. The fourth-order valence-electron chi connectivity index (χ4n) is 3.45. The lowest BCUT2D eigenvalue weighted by molar-refractivity contribution is 0.0834. The number of hydrogen-bond acceptors (Lipinski definition) is 6. The topological polar surface area (TPSA) is 67.6 Å². The molecule has 0 saturated carbocycles. The molecule has 26 heavy (non-hydrogen) atoms. The molecule has 1 saturated heterocycles. The summed E-state index contributed by atoms with van der Waals surface area (Å²) >= 11 is 1.42. The fraction of sp³-hybridized carbons (Fsp3) is 0.368. The molecule has 0 N–H and O–H groups in total. The Morgan fingerprint density at radius 2 is 1.96 bits per heavy atom. The summed E-state index contributed by atoms with van der Waals surface area (Å²) in [6.07, 6.45) is 1.68. The first kappa shape index (κ1) is 17.1. The molecule has 7 heteroatoms. The van der Waals surface area contributed by atoms with Gasteiger partial charge in [-0.1, -0.05) is 41.7 Å². The van der Waals surface area contributed by atoms with Gasteiger partial charge in [0.25, 0.3) is 5.56 Å². The van der Waals surface area contributed by atoms with Crippen LogP contribution >= 0.6 is 11.3 Å². The van der Waals surface area contributed by atoms with Gasteiger partial charge < -0.3 is 0 Å². The van der Waals surface area contributed by atoms with Crippen LogP contribution in [0.4, 0.5) is 0 Å². The number of fused-ring (bicyclic) bond motifs is 1. The van der Waals surface area contributed by atoms with Crippen molar-refractivity contribution in [2.45, 2.75) is 26.3 Å². The number of benzene rings is 1. The van der Waals surface area contributed by atoms with Crippen LogP contribution < -0.4 is 5.56 Å². The van der Waals surface area contributed by atoms with Gasteiger partial charge in [-0.15, -0.1) is 0 Å². The van der Waals surface area contributed by atoms with Crippen molar-refractivity contribution in [3.63, 3.8) is 0 Å². The van der Waals surface area contributed by atoms with E-state index in [-0.39, 0.29) is 17.3 Å². The number of piperidine rings is 1. The third kappa shape index (κ3) is 3.45. The van der Waals surface area contributed by atoms with Gasteiger partial charge in [0, 0.05) is 24.1 Å². The second-order valence-corrected chi connectivity index (χ2v) is 7.84. The lowest BCUT2D eigenvalue weighted by atomic mass is 9.89. The van der Waals surface area contributed by atoms with Crippen molar-refractivity contribution in [1.29, 1.82) is 0 Å². The van der Waals surface area contributed by atoms with Crippen molar-refractivity contribution in [3.8, 4) is 0 Å². The zero-order valence-corrected chi connectivity index (χ0v) is 15.4. The molecule has 1 aliphatic rings. The van der Waals surface area contributed by atoms with Gasteiger partial charge in [0.15, 0.2) is 5.78 Å².